The number of hydrogen-bond acceptors (Lipinski definition) is 4. The molecule has 1 aromatic heterocycles. The van der Waals surface area contributed by atoms with Gasteiger partial charge in [-0.2, -0.15) is 5.10 Å². The highest BCUT2D eigenvalue weighted by Gasteiger charge is 2.29. The lowest BCUT2D eigenvalue weighted by Gasteiger charge is -2.29. The molecule has 0 fully saturated rings. The Balaban J connectivity index is 1.70. The van der Waals surface area contributed by atoms with Crippen molar-refractivity contribution >= 4 is 23.6 Å². The van der Waals surface area contributed by atoms with E-state index in [2.05, 4.69) is 15.5 Å². The van der Waals surface area contributed by atoms with Gasteiger partial charge in [0.05, 0.1) is 5.25 Å². The third-order valence-electron chi connectivity index (χ3n) is 4.37. The van der Waals surface area contributed by atoms with E-state index in [-0.39, 0.29) is 17.1 Å². The maximum Gasteiger partial charge on any atom is 0.271 e. The number of benzene rings is 1. The number of nitrogens with zero attached hydrogens (tertiary/aromatic N) is 2. The molecule has 6 nitrogen and oxygen atoms in total. The second-order valence-electron chi connectivity index (χ2n) is 6.19. The van der Waals surface area contributed by atoms with Crippen molar-refractivity contribution in [2.75, 3.05) is 13.6 Å². The summed E-state index contributed by atoms with van der Waals surface area (Å²) < 4.78 is 0. The molecule has 1 aromatic carbocycles. The quantitative estimate of drug-likeness (QED) is 0.821. The third-order valence-corrected chi connectivity index (χ3v) is 5.47. The summed E-state index contributed by atoms with van der Waals surface area (Å²) >= 11 is 1.56. The smallest absolute Gasteiger partial charge is 0.271 e. The van der Waals surface area contributed by atoms with Crippen LogP contribution in [0.25, 0.3) is 0 Å². The van der Waals surface area contributed by atoms with Crippen LogP contribution in [0.4, 0.5) is 0 Å². The molecule has 0 saturated heterocycles. The molecule has 0 saturated carbocycles. The van der Waals surface area contributed by atoms with Crippen molar-refractivity contribution in [3.05, 3.63) is 46.8 Å². The van der Waals surface area contributed by atoms with Crippen LogP contribution in [-0.2, 0) is 17.8 Å². The second kappa shape index (κ2) is 7.31. The van der Waals surface area contributed by atoms with E-state index in [0.717, 1.165) is 16.2 Å². The number of carbonyl (C=O) groups excluding carboxylic acids is 2. The number of fused-ring (bicyclic) bond motifs is 1. The van der Waals surface area contributed by atoms with Crippen LogP contribution in [0.3, 0.4) is 0 Å². The molecule has 25 heavy (non-hydrogen) atoms. The molecule has 1 atom stereocenters. The van der Waals surface area contributed by atoms with Crippen LogP contribution in [-0.4, -0.2) is 45.8 Å². The lowest BCUT2D eigenvalue weighted by Crippen LogP contribution is -2.40. The topological polar surface area (TPSA) is 78.1 Å². The summed E-state index contributed by atoms with van der Waals surface area (Å²) in [5.41, 5.74) is 3.36. The SMILES string of the molecule is CNC(=O)c1n[nH]c2c1CN(C(=O)[C@@H](C)Sc1ccc(C)cc1)CC2. The molecule has 1 aliphatic heterocycles. The lowest BCUT2D eigenvalue weighted by atomic mass is 10.0. The van der Waals surface area contributed by atoms with Gasteiger partial charge in [-0.05, 0) is 26.0 Å². The van der Waals surface area contributed by atoms with Crippen LogP contribution < -0.4 is 5.32 Å². The van der Waals surface area contributed by atoms with Gasteiger partial charge in [0, 0.05) is 42.7 Å². The Labute approximate surface area is 151 Å². The van der Waals surface area contributed by atoms with Crippen molar-refractivity contribution in [1.82, 2.24) is 20.4 Å². The Hall–Kier alpha value is -2.28. The molecule has 0 spiro atoms. The zero-order valence-electron chi connectivity index (χ0n) is 14.6. The van der Waals surface area contributed by atoms with E-state index in [1.165, 1.54) is 5.56 Å². The summed E-state index contributed by atoms with van der Waals surface area (Å²) in [7, 11) is 1.58. The molecule has 2 heterocycles. The number of aromatic nitrogens is 2. The lowest BCUT2D eigenvalue weighted by molar-refractivity contribution is -0.131. The molecule has 1 aliphatic rings. The van der Waals surface area contributed by atoms with Crippen molar-refractivity contribution in [2.45, 2.75) is 37.0 Å². The van der Waals surface area contributed by atoms with Crippen LogP contribution in [0.1, 0.15) is 34.2 Å². The van der Waals surface area contributed by atoms with Crippen molar-refractivity contribution in [3.63, 3.8) is 0 Å². The van der Waals surface area contributed by atoms with E-state index in [4.69, 9.17) is 0 Å². The number of thioether (sulfide) groups is 1. The summed E-state index contributed by atoms with van der Waals surface area (Å²) in [5, 5.41) is 9.44. The Morgan fingerprint density at radius 2 is 2.04 bits per heavy atom. The standard InChI is InChI=1S/C18H22N4O2S/c1-11-4-6-13(7-5-11)25-12(2)18(24)22-9-8-15-14(10-22)16(21-20-15)17(23)19-3/h4-7,12H,8-10H2,1-3H3,(H,19,23)(H,20,21)/t12-/m1/s1. The van der Waals surface area contributed by atoms with Gasteiger partial charge in [-0.15, -0.1) is 11.8 Å². The molecule has 2 amide bonds. The number of aryl methyl sites for hydroxylation is 1. The van der Waals surface area contributed by atoms with Crippen LogP contribution in [0, 0.1) is 6.92 Å². The van der Waals surface area contributed by atoms with E-state index >= 15 is 0 Å². The number of aromatic amines is 1. The van der Waals surface area contributed by atoms with Gasteiger partial charge in [-0.3, -0.25) is 14.7 Å². The highest BCUT2D eigenvalue weighted by Crippen LogP contribution is 2.27. The maximum atomic E-state index is 12.8. The Morgan fingerprint density at radius 3 is 2.72 bits per heavy atom. The minimum Gasteiger partial charge on any atom is -0.354 e. The molecule has 132 valence electrons. The normalized spacial score (nSPS) is 14.8. The van der Waals surface area contributed by atoms with E-state index in [1.807, 2.05) is 43.0 Å². The fraction of sp³-hybridized carbons (Fsp3) is 0.389. The molecule has 0 aliphatic carbocycles. The molecule has 2 aromatic rings. The monoisotopic (exact) mass is 358 g/mol. The predicted molar refractivity (Wildman–Crippen MR) is 97.6 cm³/mol. The first-order valence-corrected chi connectivity index (χ1v) is 9.18. The number of rotatable bonds is 4. The molecule has 0 radical (unpaired) electrons. The van der Waals surface area contributed by atoms with E-state index in [1.54, 1.807) is 18.8 Å². The van der Waals surface area contributed by atoms with Crippen molar-refractivity contribution < 1.29 is 9.59 Å². The Morgan fingerprint density at radius 1 is 1.32 bits per heavy atom. The molecule has 0 unspecified atom stereocenters. The van der Waals surface area contributed by atoms with Gasteiger partial charge in [0.2, 0.25) is 5.91 Å². The van der Waals surface area contributed by atoms with Gasteiger partial charge >= 0.3 is 0 Å². The number of carbonyl (C=O) groups is 2. The zero-order valence-corrected chi connectivity index (χ0v) is 15.4. The van der Waals surface area contributed by atoms with Crippen LogP contribution in [0.2, 0.25) is 0 Å². The number of hydrogen-bond donors (Lipinski definition) is 2. The fourth-order valence-electron chi connectivity index (χ4n) is 2.92. The highest BCUT2D eigenvalue weighted by atomic mass is 32.2. The largest absolute Gasteiger partial charge is 0.354 e. The van der Waals surface area contributed by atoms with Gasteiger partial charge in [-0.25, -0.2) is 0 Å². The summed E-state index contributed by atoms with van der Waals surface area (Å²) in [4.78, 5) is 27.6. The number of amides is 2. The molecular weight excluding hydrogens is 336 g/mol. The summed E-state index contributed by atoms with van der Waals surface area (Å²) in [5.74, 6) is -0.144. The molecule has 3 rings (SSSR count). The first kappa shape index (κ1) is 17.5. The molecule has 0 bridgehead atoms. The molecular formula is C18H22N4O2S. The van der Waals surface area contributed by atoms with E-state index < -0.39 is 0 Å². The third kappa shape index (κ3) is 3.71. The van der Waals surface area contributed by atoms with Crippen LogP contribution in [0.5, 0.6) is 0 Å². The second-order valence-corrected chi connectivity index (χ2v) is 7.61. The highest BCUT2D eigenvalue weighted by molar-refractivity contribution is 8.00. The van der Waals surface area contributed by atoms with Gasteiger partial charge < -0.3 is 10.2 Å². The zero-order chi connectivity index (χ0) is 18.0. The summed E-state index contributed by atoms with van der Waals surface area (Å²) in [6.45, 7) is 5.03. The van der Waals surface area contributed by atoms with Crippen molar-refractivity contribution in [1.29, 1.82) is 0 Å². The Kier molecular flexibility index (Phi) is 5.13. The van der Waals surface area contributed by atoms with Gasteiger partial charge in [-0.1, -0.05) is 17.7 Å². The van der Waals surface area contributed by atoms with Gasteiger partial charge in [0.25, 0.3) is 5.91 Å². The molecule has 7 heteroatoms. The van der Waals surface area contributed by atoms with E-state index in [0.29, 0.717) is 25.2 Å². The average molecular weight is 358 g/mol. The first-order chi connectivity index (χ1) is 12.0. The number of H-pyrrole nitrogens is 1. The van der Waals surface area contributed by atoms with Gasteiger partial charge in [0.15, 0.2) is 5.69 Å². The fourth-order valence-corrected chi connectivity index (χ4v) is 3.87. The van der Waals surface area contributed by atoms with E-state index in [9.17, 15) is 9.59 Å². The van der Waals surface area contributed by atoms with Crippen molar-refractivity contribution in [3.8, 4) is 0 Å². The average Bonchev–Trinajstić information content (AvgIpc) is 3.05. The maximum absolute atomic E-state index is 12.8. The predicted octanol–water partition coefficient (Wildman–Crippen LogP) is 2.14. The Bertz CT molecular complexity index is 785. The molecule has 2 N–H and O–H groups in total. The van der Waals surface area contributed by atoms with Crippen LogP contribution in [0.15, 0.2) is 29.2 Å². The first-order valence-electron chi connectivity index (χ1n) is 8.30. The van der Waals surface area contributed by atoms with Gasteiger partial charge in [0.1, 0.15) is 0 Å². The summed E-state index contributed by atoms with van der Waals surface area (Å²) in [6.07, 6.45) is 0.687. The van der Waals surface area contributed by atoms with Crippen LogP contribution >= 0.6 is 11.8 Å². The number of nitrogens with one attached hydrogen (secondary N) is 2. The minimum atomic E-state index is -0.228. The minimum absolute atomic E-state index is 0.0836. The van der Waals surface area contributed by atoms with Crippen molar-refractivity contribution in [2.24, 2.45) is 0 Å². The summed E-state index contributed by atoms with van der Waals surface area (Å²) in [6, 6.07) is 8.18.